The molecule has 0 aliphatic carbocycles. The Labute approximate surface area is 195 Å². The van der Waals surface area contributed by atoms with Crippen LogP contribution in [-0.2, 0) is 10.3 Å². The summed E-state index contributed by atoms with van der Waals surface area (Å²) in [5, 5.41) is 3.52. The summed E-state index contributed by atoms with van der Waals surface area (Å²) >= 11 is 7.29. The number of nitrogens with two attached hydrogens (primary N) is 1. The zero-order valence-corrected chi connectivity index (χ0v) is 18.8. The van der Waals surface area contributed by atoms with Gasteiger partial charge >= 0.3 is 0 Å². The quantitative estimate of drug-likeness (QED) is 0.667. The zero-order chi connectivity index (χ0) is 19.7. The first-order valence-corrected chi connectivity index (χ1v) is 10.1. The van der Waals surface area contributed by atoms with Crippen LogP contribution in [0.3, 0.4) is 0 Å². The van der Waals surface area contributed by atoms with E-state index >= 15 is 0 Å². The summed E-state index contributed by atoms with van der Waals surface area (Å²) in [6.07, 6.45) is 2.02. The van der Waals surface area contributed by atoms with E-state index < -0.39 is 17.3 Å². The molecule has 6 nitrogen and oxygen atoms in total. The maximum absolute atomic E-state index is 14.4. The Morgan fingerprint density at radius 3 is 2.87 bits per heavy atom. The van der Waals surface area contributed by atoms with E-state index in [9.17, 15) is 9.18 Å². The van der Waals surface area contributed by atoms with E-state index in [1.165, 1.54) is 30.1 Å². The Kier molecular flexibility index (Phi) is 8.35. The second kappa shape index (κ2) is 10.2. The van der Waals surface area contributed by atoms with Gasteiger partial charge in [-0.2, -0.15) is 0 Å². The molecule has 0 bridgehead atoms. The fraction of sp³-hybridized carbons (Fsp3) is 0.316. The summed E-state index contributed by atoms with van der Waals surface area (Å²) in [6.45, 7) is 1.11. The number of nitrogens with zero attached hydrogens (tertiary/aromatic N) is 2. The van der Waals surface area contributed by atoms with Gasteiger partial charge < -0.3 is 15.8 Å². The van der Waals surface area contributed by atoms with E-state index in [-0.39, 0.29) is 42.1 Å². The van der Waals surface area contributed by atoms with Crippen molar-refractivity contribution >= 4 is 64.9 Å². The third-order valence-electron chi connectivity index (χ3n) is 5.04. The van der Waals surface area contributed by atoms with Gasteiger partial charge in [-0.15, -0.1) is 24.8 Å². The van der Waals surface area contributed by atoms with Gasteiger partial charge in [0.15, 0.2) is 5.17 Å². The summed E-state index contributed by atoms with van der Waals surface area (Å²) in [5.41, 5.74) is 6.47. The molecule has 2 atom stereocenters. The van der Waals surface area contributed by atoms with Crippen molar-refractivity contribution in [2.24, 2.45) is 16.6 Å². The molecule has 1 amide bonds. The number of amides is 1. The number of amidine groups is 1. The molecule has 0 radical (unpaired) electrons. The van der Waals surface area contributed by atoms with Crippen molar-refractivity contribution in [3.05, 3.63) is 58.6 Å². The van der Waals surface area contributed by atoms with Gasteiger partial charge in [-0.3, -0.25) is 9.79 Å². The third kappa shape index (κ3) is 4.84. The first-order chi connectivity index (χ1) is 13.5. The van der Waals surface area contributed by atoms with E-state index in [1.807, 2.05) is 0 Å². The van der Waals surface area contributed by atoms with Crippen LogP contribution in [0.4, 0.5) is 10.1 Å². The molecule has 3 heterocycles. The number of aromatic nitrogens is 1. The lowest BCUT2D eigenvalue weighted by Gasteiger charge is -2.44. The van der Waals surface area contributed by atoms with Crippen LogP contribution < -0.4 is 11.1 Å². The smallest absolute Gasteiger partial charge is 0.274 e. The minimum atomic E-state index is -0.570. The van der Waals surface area contributed by atoms with Gasteiger partial charge in [0.1, 0.15) is 11.5 Å². The third-order valence-corrected chi connectivity index (χ3v) is 6.22. The van der Waals surface area contributed by atoms with Crippen molar-refractivity contribution in [3.63, 3.8) is 0 Å². The highest BCUT2D eigenvalue weighted by atomic mass is 35.5. The van der Waals surface area contributed by atoms with Gasteiger partial charge in [0, 0.05) is 30.9 Å². The lowest BCUT2D eigenvalue weighted by molar-refractivity contribution is 0.0101. The molecule has 2 aliphatic heterocycles. The number of hydrogen-bond acceptors (Lipinski definition) is 6. The van der Waals surface area contributed by atoms with E-state index in [4.69, 9.17) is 27.1 Å². The van der Waals surface area contributed by atoms with Crippen LogP contribution in [-0.4, -0.2) is 35.0 Å². The molecule has 0 saturated carbocycles. The molecule has 1 aromatic heterocycles. The Bertz CT molecular complexity index is 948. The van der Waals surface area contributed by atoms with Crippen molar-refractivity contribution in [2.75, 3.05) is 24.3 Å². The zero-order valence-electron chi connectivity index (χ0n) is 15.6. The molecular formula is C19H20Cl3FN4O2S. The normalized spacial score (nSPS) is 22.6. The predicted octanol–water partition coefficient (Wildman–Crippen LogP) is 4.26. The highest BCUT2D eigenvalue weighted by molar-refractivity contribution is 8.13. The molecule has 1 unspecified atom stereocenters. The number of hydrogen-bond donors (Lipinski definition) is 2. The number of thioether (sulfide) groups is 1. The van der Waals surface area contributed by atoms with Crippen LogP contribution in [0.1, 0.15) is 22.5 Å². The SMILES string of the molecule is Cl.Cl.NC1=N[C@@]2(c3ccc(F)c(NC(=O)c4ccc(Cl)cn4)c3)CCOCC2CS1. The molecule has 11 heteroatoms. The standard InChI is InChI=1S/C19H18ClFN4O2S.2ClH/c20-13-2-4-15(23-8-13)17(26)24-16-7-11(1-3-14(16)21)19-5-6-27-9-12(19)10-28-18(22)25-19;;/h1-4,7-8,12H,5-6,9-10H2,(H2,22,25)(H,24,26);2*1H/t12?,19-;;/m1../s1. The van der Waals surface area contributed by atoms with Gasteiger partial charge in [-0.25, -0.2) is 9.37 Å². The van der Waals surface area contributed by atoms with E-state index in [1.54, 1.807) is 18.2 Å². The minimum Gasteiger partial charge on any atom is -0.381 e. The number of anilines is 1. The van der Waals surface area contributed by atoms with Crippen molar-refractivity contribution in [3.8, 4) is 0 Å². The van der Waals surface area contributed by atoms with Gasteiger partial charge in [0.05, 0.1) is 22.9 Å². The monoisotopic (exact) mass is 492 g/mol. The summed E-state index contributed by atoms with van der Waals surface area (Å²) < 4.78 is 20.1. The number of carbonyl (C=O) groups excluding carboxylic acids is 1. The van der Waals surface area contributed by atoms with Gasteiger partial charge in [0.25, 0.3) is 5.91 Å². The maximum atomic E-state index is 14.4. The molecule has 4 rings (SSSR count). The molecule has 0 spiro atoms. The number of nitrogens with one attached hydrogen (secondary N) is 1. The number of halogens is 4. The number of carbonyl (C=O) groups is 1. The molecule has 1 aromatic carbocycles. The van der Waals surface area contributed by atoms with Crippen LogP contribution in [0, 0.1) is 11.7 Å². The van der Waals surface area contributed by atoms with Crippen LogP contribution in [0.2, 0.25) is 5.02 Å². The summed E-state index contributed by atoms with van der Waals surface area (Å²) in [4.78, 5) is 21.1. The number of rotatable bonds is 3. The number of fused-ring (bicyclic) bond motifs is 1. The van der Waals surface area contributed by atoms with Crippen LogP contribution in [0.15, 0.2) is 41.5 Å². The number of ether oxygens (including phenoxy) is 1. The second-order valence-corrected chi connectivity index (χ2v) is 8.19. The number of pyridine rings is 1. The molecule has 3 N–H and O–H groups in total. The Balaban J connectivity index is 0.00000160. The lowest BCUT2D eigenvalue weighted by atomic mass is 9.75. The van der Waals surface area contributed by atoms with Gasteiger partial charge in [-0.1, -0.05) is 29.4 Å². The maximum Gasteiger partial charge on any atom is 0.274 e. The van der Waals surface area contributed by atoms with E-state index in [2.05, 4.69) is 10.3 Å². The van der Waals surface area contributed by atoms with Crippen molar-refractivity contribution in [2.45, 2.75) is 12.0 Å². The summed E-state index contributed by atoms with van der Waals surface area (Å²) in [7, 11) is 0. The van der Waals surface area contributed by atoms with Crippen LogP contribution in [0.5, 0.6) is 0 Å². The lowest BCUT2D eigenvalue weighted by Crippen LogP contribution is -2.46. The molecule has 2 aliphatic rings. The highest BCUT2D eigenvalue weighted by Gasteiger charge is 2.45. The first-order valence-electron chi connectivity index (χ1n) is 8.77. The minimum absolute atomic E-state index is 0. The van der Waals surface area contributed by atoms with Crippen molar-refractivity contribution in [1.29, 1.82) is 0 Å². The van der Waals surface area contributed by atoms with Crippen LogP contribution in [0.25, 0.3) is 0 Å². The van der Waals surface area contributed by atoms with E-state index in [0.29, 0.717) is 29.8 Å². The second-order valence-electron chi connectivity index (χ2n) is 6.72. The van der Waals surface area contributed by atoms with Gasteiger partial charge in [0.2, 0.25) is 0 Å². The first kappa shape index (κ1) is 24.7. The molecule has 1 fully saturated rings. The Morgan fingerprint density at radius 1 is 1.33 bits per heavy atom. The Morgan fingerprint density at radius 2 is 2.13 bits per heavy atom. The average Bonchev–Trinajstić information content (AvgIpc) is 2.69. The van der Waals surface area contributed by atoms with Crippen molar-refractivity contribution < 1.29 is 13.9 Å². The molecule has 2 aromatic rings. The number of aliphatic imine (C=N–C) groups is 1. The van der Waals surface area contributed by atoms with Crippen LogP contribution >= 0.6 is 48.2 Å². The number of benzene rings is 1. The fourth-order valence-corrected chi connectivity index (χ4v) is 4.66. The topological polar surface area (TPSA) is 89.6 Å². The summed E-state index contributed by atoms with van der Waals surface area (Å²) in [5.74, 6) is -0.141. The predicted molar refractivity (Wildman–Crippen MR) is 123 cm³/mol. The van der Waals surface area contributed by atoms with Crippen molar-refractivity contribution in [1.82, 2.24) is 4.98 Å². The fourth-order valence-electron chi connectivity index (χ4n) is 3.57. The average molecular weight is 494 g/mol. The summed E-state index contributed by atoms with van der Waals surface area (Å²) in [6, 6.07) is 7.72. The molecule has 30 heavy (non-hydrogen) atoms. The molecule has 162 valence electrons. The molecule has 1 saturated heterocycles. The highest BCUT2D eigenvalue weighted by Crippen LogP contribution is 2.45. The Hall–Kier alpha value is -1.58. The molecular weight excluding hydrogens is 474 g/mol. The van der Waals surface area contributed by atoms with E-state index in [0.717, 1.165) is 11.3 Å². The largest absolute Gasteiger partial charge is 0.381 e. The van der Waals surface area contributed by atoms with Gasteiger partial charge in [-0.05, 0) is 29.8 Å².